The van der Waals surface area contributed by atoms with Crippen LogP contribution in [-0.2, 0) is 18.3 Å². The zero-order chi connectivity index (χ0) is 14.1. The molecule has 100 valence electrons. The summed E-state index contributed by atoms with van der Waals surface area (Å²) < 4.78 is 1.40. The van der Waals surface area contributed by atoms with Gasteiger partial charge in [0, 0.05) is 7.05 Å². The van der Waals surface area contributed by atoms with Crippen molar-refractivity contribution >= 4 is 17.5 Å². The molecule has 1 aromatic heterocycles. The van der Waals surface area contributed by atoms with Gasteiger partial charge in [0.2, 0.25) is 5.91 Å². The summed E-state index contributed by atoms with van der Waals surface area (Å²) >= 11 is 0. The van der Waals surface area contributed by atoms with Gasteiger partial charge in [-0.3, -0.25) is 14.3 Å². The van der Waals surface area contributed by atoms with Crippen LogP contribution in [-0.4, -0.2) is 27.1 Å². The van der Waals surface area contributed by atoms with Crippen LogP contribution in [0.3, 0.4) is 0 Å². The summed E-state index contributed by atoms with van der Waals surface area (Å²) in [6, 6.07) is 0. The second-order valence-electron chi connectivity index (χ2n) is 4.63. The van der Waals surface area contributed by atoms with E-state index in [1.54, 1.807) is 7.05 Å². The molecule has 0 fully saturated rings. The van der Waals surface area contributed by atoms with E-state index in [9.17, 15) is 9.59 Å². The normalized spacial score (nSPS) is 11.3. The zero-order valence-electron chi connectivity index (χ0n) is 11.1. The maximum absolute atomic E-state index is 12.1. The number of amides is 2. The number of hydrogen-bond donors (Lipinski definition) is 3. The fourth-order valence-corrected chi connectivity index (χ4v) is 1.53. The number of anilines is 1. The van der Waals surface area contributed by atoms with Crippen molar-refractivity contribution in [1.82, 2.24) is 15.1 Å². The highest BCUT2D eigenvalue weighted by atomic mass is 16.2. The standard InChI is InChI=1S/C11H19N5O2/c1-5-6-7(12)8(16(4)15-6)9(17)14-11(2,3)10(13)18/h5,12H2,1-4H3,(H2,13,18)(H,14,17). The summed E-state index contributed by atoms with van der Waals surface area (Å²) in [6.45, 7) is 4.95. The quantitative estimate of drug-likeness (QED) is 0.674. The van der Waals surface area contributed by atoms with Crippen LogP contribution in [0.5, 0.6) is 0 Å². The van der Waals surface area contributed by atoms with Crippen LogP contribution >= 0.6 is 0 Å². The molecule has 1 heterocycles. The molecule has 7 nitrogen and oxygen atoms in total. The number of carbonyl (C=O) groups is 2. The fourth-order valence-electron chi connectivity index (χ4n) is 1.53. The predicted molar refractivity (Wildman–Crippen MR) is 67.7 cm³/mol. The Morgan fingerprint density at radius 1 is 1.44 bits per heavy atom. The molecule has 0 spiro atoms. The van der Waals surface area contributed by atoms with Gasteiger partial charge in [0.05, 0.1) is 11.4 Å². The third kappa shape index (κ3) is 2.44. The maximum Gasteiger partial charge on any atom is 0.272 e. The first-order valence-electron chi connectivity index (χ1n) is 5.64. The Labute approximate surface area is 106 Å². The van der Waals surface area contributed by atoms with E-state index in [0.717, 1.165) is 0 Å². The second-order valence-corrected chi connectivity index (χ2v) is 4.63. The van der Waals surface area contributed by atoms with Gasteiger partial charge in [0.15, 0.2) is 0 Å². The molecule has 0 radical (unpaired) electrons. The third-order valence-corrected chi connectivity index (χ3v) is 2.75. The molecule has 5 N–H and O–H groups in total. The molecule has 0 aliphatic carbocycles. The van der Waals surface area contributed by atoms with Crippen LogP contribution in [0.2, 0.25) is 0 Å². The molecule has 0 aromatic carbocycles. The number of carbonyl (C=O) groups excluding carboxylic acids is 2. The number of hydrogen-bond acceptors (Lipinski definition) is 4. The highest BCUT2D eigenvalue weighted by Crippen LogP contribution is 2.17. The van der Waals surface area contributed by atoms with Gasteiger partial charge >= 0.3 is 0 Å². The number of aromatic nitrogens is 2. The van der Waals surface area contributed by atoms with E-state index in [0.29, 0.717) is 17.8 Å². The minimum Gasteiger partial charge on any atom is -0.395 e. The van der Waals surface area contributed by atoms with E-state index < -0.39 is 17.4 Å². The third-order valence-electron chi connectivity index (χ3n) is 2.75. The lowest BCUT2D eigenvalue weighted by Crippen LogP contribution is -2.53. The first-order valence-corrected chi connectivity index (χ1v) is 5.64. The van der Waals surface area contributed by atoms with Gasteiger partial charge in [-0.15, -0.1) is 0 Å². The van der Waals surface area contributed by atoms with Gasteiger partial charge in [-0.25, -0.2) is 0 Å². The molecule has 0 saturated carbocycles. The summed E-state index contributed by atoms with van der Waals surface area (Å²) in [5.41, 5.74) is 11.1. The van der Waals surface area contributed by atoms with Crippen LogP contribution < -0.4 is 16.8 Å². The van der Waals surface area contributed by atoms with Crippen LogP contribution in [0.25, 0.3) is 0 Å². The van der Waals surface area contributed by atoms with E-state index >= 15 is 0 Å². The molecular weight excluding hydrogens is 234 g/mol. The Bertz CT molecular complexity index is 490. The number of nitrogen functional groups attached to an aromatic ring is 1. The molecular formula is C11H19N5O2. The molecule has 0 atom stereocenters. The summed E-state index contributed by atoms with van der Waals surface area (Å²) in [6.07, 6.45) is 0.631. The van der Waals surface area contributed by atoms with Gasteiger partial charge in [-0.1, -0.05) is 6.92 Å². The van der Waals surface area contributed by atoms with Crippen molar-refractivity contribution < 1.29 is 9.59 Å². The summed E-state index contributed by atoms with van der Waals surface area (Å²) in [5.74, 6) is -1.08. The molecule has 0 aliphatic rings. The number of primary amides is 1. The van der Waals surface area contributed by atoms with Gasteiger partial charge in [-0.2, -0.15) is 5.10 Å². The van der Waals surface area contributed by atoms with Gasteiger partial charge in [-0.05, 0) is 20.3 Å². The Hall–Kier alpha value is -2.05. The topological polar surface area (TPSA) is 116 Å². The van der Waals surface area contributed by atoms with Crippen LogP contribution in [0.4, 0.5) is 5.69 Å². The molecule has 18 heavy (non-hydrogen) atoms. The molecule has 0 bridgehead atoms. The predicted octanol–water partition coefficient (Wildman–Crippen LogP) is -0.442. The van der Waals surface area contributed by atoms with E-state index in [1.807, 2.05) is 6.92 Å². The highest BCUT2D eigenvalue weighted by molar-refractivity contribution is 6.01. The average Bonchev–Trinajstić information content (AvgIpc) is 2.52. The molecule has 7 heteroatoms. The minimum atomic E-state index is -1.14. The van der Waals surface area contributed by atoms with Gasteiger partial charge in [0.25, 0.3) is 5.91 Å². The largest absolute Gasteiger partial charge is 0.395 e. The Morgan fingerprint density at radius 2 is 2.00 bits per heavy atom. The second kappa shape index (κ2) is 4.67. The minimum absolute atomic E-state index is 0.237. The first kappa shape index (κ1) is 14.0. The number of aryl methyl sites for hydroxylation is 2. The number of nitrogens with two attached hydrogens (primary N) is 2. The SMILES string of the molecule is CCc1nn(C)c(C(=O)NC(C)(C)C(N)=O)c1N. The number of rotatable bonds is 4. The molecule has 1 rings (SSSR count). The molecule has 1 aromatic rings. The van der Waals surface area contributed by atoms with Gasteiger partial charge in [0.1, 0.15) is 11.2 Å². The van der Waals surface area contributed by atoms with E-state index in [-0.39, 0.29) is 5.69 Å². The average molecular weight is 253 g/mol. The number of nitrogens with zero attached hydrogens (tertiary/aromatic N) is 2. The first-order chi connectivity index (χ1) is 8.20. The zero-order valence-corrected chi connectivity index (χ0v) is 11.1. The highest BCUT2D eigenvalue weighted by Gasteiger charge is 2.30. The summed E-state index contributed by atoms with van der Waals surface area (Å²) in [5, 5.41) is 6.68. The van der Waals surface area contributed by atoms with Crippen molar-refractivity contribution in [3.05, 3.63) is 11.4 Å². The fraction of sp³-hybridized carbons (Fsp3) is 0.545. The molecule has 0 unspecified atom stereocenters. The van der Waals surface area contributed by atoms with Crippen LogP contribution in [0.1, 0.15) is 37.0 Å². The Kier molecular flexibility index (Phi) is 3.64. The monoisotopic (exact) mass is 253 g/mol. The molecule has 0 saturated heterocycles. The van der Waals surface area contributed by atoms with Crippen molar-refractivity contribution in [2.24, 2.45) is 12.8 Å². The lowest BCUT2D eigenvalue weighted by Gasteiger charge is -2.22. The van der Waals surface area contributed by atoms with Crippen molar-refractivity contribution in [2.45, 2.75) is 32.7 Å². The Morgan fingerprint density at radius 3 is 2.39 bits per heavy atom. The van der Waals surface area contributed by atoms with Crippen molar-refractivity contribution in [3.63, 3.8) is 0 Å². The summed E-state index contributed by atoms with van der Waals surface area (Å²) in [4.78, 5) is 23.2. The lowest BCUT2D eigenvalue weighted by atomic mass is 10.0. The smallest absolute Gasteiger partial charge is 0.272 e. The maximum atomic E-state index is 12.1. The lowest BCUT2D eigenvalue weighted by molar-refractivity contribution is -0.122. The van der Waals surface area contributed by atoms with E-state index in [1.165, 1.54) is 18.5 Å². The van der Waals surface area contributed by atoms with Gasteiger partial charge < -0.3 is 16.8 Å². The van der Waals surface area contributed by atoms with Crippen molar-refractivity contribution in [3.8, 4) is 0 Å². The van der Waals surface area contributed by atoms with E-state index in [4.69, 9.17) is 11.5 Å². The van der Waals surface area contributed by atoms with E-state index in [2.05, 4.69) is 10.4 Å². The summed E-state index contributed by atoms with van der Waals surface area (Å²) in [7, 11) is 1.63. The van der Waals surface area contributed by atoms with Crippen LogP contribution in [0.15, 0.2) is 0 Å². The van der Waals surface area contributed by atoms with Crippen LogP contribution in [0, 0.1) is 0 Å². The van der Waals surface area contributed by atoms with Crippen molar-refractivity contribution in [2.75, 3.05) is 5.73 Å². The number of nitrogens with one attached hydrogen (secondary N) is 1. The van der Waals surface area contributed by atoms with Crippen molar-refractivity contribution in [1.29, 1.82) is 0 Å². The molecule has 2 amide bonds. The Balaban J connectivity index is 3.06. The molecule has 0 aliphatic heterocycles.